The van der Waals surface area contributed by atoms with Gasteiger partial charge in [-0.1, -0.05) is 44.2 Å². The van der Waals surface area contributed by atoms with Gasteiger partial charge in [-0.3, -0.25) is 0 Å². The van der Waals surface area contributed by atoms with Crippen LogP contribution in [0.5, 0.6) is 0 Å². The van der Waals surface area contributed by atoms with Gasteiger partial charge in [0.1, 0.15) is 0 Å². The number of benzene rings is 1. The third kappa shape index (κ3) is 3.37. The van der Waals surface area contributed by atoms with Crippen LogP contribution in [0.1, 0.15) is 33.3 Å². The minimum atomic E-state index is 0.345. The van der Waals surface area contributed by atoms with E-state index in [1.54, 1.807) is 0 Å². The lowest BCUT2D eigenvalue weighted by Gasteiger charge is -2.30. The summed E-state index contributed by atoms with van der Waals surface area (Å²) >= 11 is 0. The van der Waals surface area contributed by atoms with Gasteiger partial charge in [-0.15, -0.1) is 0 Å². The summed E-state index contributed by atoms with van der Waals surface area (Å²) in [5, 5.41) is 3.67. The van der Waals surface area contributed by atoms with Crippen molar-refractivity contribution in [2.75, 3.05) is 6.54 Å². The van der Waals surface area contributed by atoms with Gasteiger partial charge in [-0.2, -0.15) is 0 Å². The number of hydrogen-bond donors (Lipinski definition) is 1. The zero-order valence-electron chi connectivity index (χ0n) is 12.6. The van der Waals surface area contributed by atoms with E-state index in [0.717, 1.165) is 13.0 Å². The van der Waals surface area contributed by atoms with Gasteiger partial charge in [-0.25, -0.2) is 0 Å². The van der Waals surface area contributed by atoms with Gasteiger partial charge in [0.05, 0.1) is 12.2 Å². The van der Waals surface area contributed by atoms with Crippen LogP contribution in [0.15, 0.2) is 30.3 Å². The molecule has 0 bridgehead atoms. The largest absolute Gasteiger partial charge is 0.375 e. The van der Waals surface area contributed by atoms with Crippen LogP contribution in [-0.4, -0.2) is 24.8 Å². The average molecular weight is 261 g/mol. The first-order valence-corrected chi connectivity index (χ1v) is 7.56. The SMILES string of the molecule is CCNC(Cc1ccccc1)C1C(C)OC(C)C1C. The minimum absolute atomic E-state index is 0.345. The molecule has 0 aliphatic carbocycles. The summed E-state index contributed by atoms with van der Waals surface area (Å²) in [4.78, 5) is 0. The van der Waals surface area contributed by atoms with E-state index in [9.17, 15) is 0 Å². The van der Waals surface area contributed by atoms with Gasteiger partial charge >= 0.3 is 0 Å². The fourth-order valence-electron chi connectivity index (χ4n) is 3.46. The van der Waals surface area contributed by atoms with E-state index in [1.165, 1.54) is 5.56 Å². The quantitative estimate of drug-likeness (QED) is 0.878. The van der Waals surface area contributed by atoms with Crippen LogP contribution in [0.3, 0.4) is 0 Å². The summed E-state index contributed by atoms with van der Waals surface area (Å²) in [6.45, 7) is 9.95. The minimum Gasteiger partial charge on any atom is -0.375 e. The molecule has 5 atom stereocenters. The molecule has 1 N–H and O–H groups in total. The van der Waals surface area contributed by atoms with Gasteiger partial charge in [0, 0.05) is 12.0 Å². The molecule has 1 aliphatic rings. The molecular weight excluding hydrogens is 234 g/mol. The van der Waals surface area contributed by atoms with Crippen LogP contribution in [0, 0.1) is 11.8 Å². The Balaban J connectivity index is 2.11. The predicted molar refractivity (Wildman–Crippen MR) is 80.3 cm³/mol. The molecule has 0 aromatic heterocycles. The maximum absolute atomic E-state index is 6.01. The second-order valence-electron chi connectivity index (χ2n) is 5.84. The van der Waals surface area contributed by atoms with Gasteiger partial charge < -0.3 is 10.1 Å². The topological polar surface area (TPSA) is 21.3 Å². The number of likely N-dealkylation sites (N-methyl/N-ethyl adjacent to an activating group) is 1. The van der Waals surface area contributed by atoms with E-state index in [-0.39, 0.29) is 0 Å². The monoisotopic (exact) mass is 261 g/mol. The zero-order valence-corrected chi connectivity index (χ0v) is 12.6. The first-order valence-electron chi connectivity index (χ1n) is 7.56. The number of ether oxygens (including phenoxy) is 1. The first-order chi connectivity index (χ1) is 9.13. The summed E-state index contributed by atoms with van der Waals surface area (Å²) < 4.78 is 6.01. The smallest absolute Gasteiger partial charge is 0.0597 e. The van der Waals surface area contributed by atoms with Crippen molar-refractivity contribution in [3.8, 4) is 0 Å². The molecule has 2 nitrogen and oxygen atoms in total. The van der Waals surface area contributed by atoms with Crippen molar-refractivity contribution < 1.29 is 4.74 Å². The van der Waals surface area contributed by atoms with Gasteiger partial charge in [0.25, 0.3) is 0 Å². The van der Waals surface area contributed by atoms with Crippen LogP contribution in [0.4, 0.5) is 0 Å². The fourth-order valence-corrected chi connectivity index (χ4v) is 3.46. The molecule has 106 valence electrons. The van der Waals surface area contributed by atoms with E-state index >= 15 is 0 Å². The predicted octanol–water partition coefficient (Wildman–Crippen LogP) is 3.27. The fraction of sp³-hybridized carbons (Fsp3) is 0.647. The van der Waals surface area contributed by atoms with Gasteiger partial charge in [-0.05, 0) is 38.3 Å². The van der Waals surface area contributed by atoms with Crippen LogP contribution in [0.25, 0.3) is 0 Å². The average Bonchev–Trinajstić information content (AvgIpc) is 2.64. The van der Waals surface area contributed by atoms with Gasteiger partial charge in [0.15, 0.2) is 0 Å². The Labute approximate surface area is 117 Å². The third-order valence-electron chi connectivity index (χ3n) is 4.55. The molecule has 19 heavy (non-hydrogen) atoms. The molecule has 0 radical (unpaired) electrons. The van der Waals surface area contributed by atoms with Crippen molar-refractivity contribution >= 4 is 0 Å². The molecule has 2 rings (SSSR count). The van der Waals surface area contributed by atoms with E-state index in [2.05, 4.69) is 63.3 Å². The number of rotatable bonds is 5. The molecule has 1 aromatic rings. The summed E-state index contributed by atoms with van der Waals surface area (Å²) in [6.07, 6.45) is 1.80. The highest BCUT2D eigenvalue weighted by Crippen LogP contribution is 2.35. The lowest BCUT2D eigenvalue weighted by molar-refractivity contribution is 0.0476. The van der Waals surface area contributed by atoms with E-state index in [4.69, 9.17) is 4.74 Å². The second-order valence-corrected chi connectivity index (χ2v) is 5.84. The highest BCUT2D eigenvalue weighted by molar-refractivity contribution is 5.16. The van der Waals surface area contributed by atoms with Crippen molar-refractivity contribution in [3.05, 3.63) is 35.9 Å². The Kier molecular flexibility index (Phi) is 5.00. The molecule has 1 aromatic carbocycles. The van der Waals surface area contributed by atoms with E-state index < -0.39 is 0 Å². The first kappa shape index (κ1) is 14.5. The van der Waals surface area contributed by atoms with Crippen molar-refractivity contribution in [2.24, 2.45) is 11.8 Å². The molecule has 1 fully saturated rings. The van der Waals surface area contributed by atoms with Crippen molar-refractivity contribution in [1.29, 1.82) is 0 Å². The highest BCUT2D eigenvalue weighted by atomic mass is 16.5. The van der Waals surface area contributed by atoms with Crippen molar-refractivity contribution in [3.63, 3.8) is 0 Å². The van der Waals surface area contributed by atoms with E-state index in [1.807, 2.05) is 0 Å². The third-order valence-corrected chi connectivity index (χ3v) is 4.55. The Morgan fingerprint density at radius 2 is 1.79 bits per heavy atom. The number of nitrogens with one attached hydrogen (secondary N) is 1. The molecule has 1 aliphatic heterocycles. The molecule has 1 heterocycles. The highest BCUT2D eigenvalue weighted by Gasteiger charge is 2.41. The molecule has 2 heteroatoms. The standard InChI is InChI=1S/C17H27NO/c1-5-18-16(11-15-9-7-6-8-10-15)17-12(2)13(3)19-14(17)4/h6-10,12-14,16-18H,5,11H2,1-4H3. The summed E-state index contributed by atoms with van der Waals surface area (Å²) in [6, 6.07) is 11.3. The molecule has 5 unspecified atom stereocenters. The zero-order chi connectivity index (χ0) is 13.8. The number of hydrogen-bond acceptors (Lipinski definition) is 2. The van der Waals surface area contributed by atoms with Gasteiger partial charge in [0.2, 0.25) is 0 Å². The maximum atomic E-state index is 6.01. The normalized spacial score (nSPS) is 32.4. The van der Waals surface area contributed by atoms with E-state index in [0.29, 0.717) is 30.1 Å². The van der Waals surface area contributed by atoms with Crippen LogP contribution in [0.2, 0.25) is 0 Å². The Bertz CT molecular complexity index is 378. The molecular formula is C17H27NO. The molecule has 1 saturated heterocycles. The lowest BCUT2D eigenvalue weighted by atomic mass is 9.81. The Morgan fingerprint density at radius 1 is 1.11 bits per heavy atom. The Hall–Kier alpha value is -0.860. The van der Waals surface area contributed by atoms with Crippen molar-refractivity contribution in [2.45, 2.75) is 52.4 Å². The lowest BCUT2D eigenvalue weighted by Crippen LogP contribution is -2.43. The summed E-state index contributed by atoms with van der Waals surface area (Å²) in [7, 11) is 0. The van der Waals surface area contributed by atoms with Crippen LogP contribution < -0.4 is 5.32 Å². The molecule has 0 spiro atoms. The Morgan fingerprint density at radius 3 is 2.32 bits per heavy atom. The summed E-state index contributed by atoms with van der Waals surface area (Å²) in [5.41, 5.74) is 1.41. The van der Waals surface area contributed by atoms with Crippen LogP contribution in [-0.2, 0) is 11.2 Å². The van der Waals surface area contributed by atoms with Crippen LogP contribution >= 0.6 is 0 Å². The molecule has 0 saturated carbocycles. The summed E-state index contributed by atoms with van der Waals surface area (Å²) in [5.74, 6) is 1.21. The molecule has 0 amide bonds. The van der Waals surface area contributed by atoms with Crippen molar-refractivity contribution in [1.82, 2.24) is 5.32 Å². The maximum Gasteiger partial charge on any atom is 0.0597 e. The second kappa shape index (κ2) is 6.53.